The van der Waals surface area contributed by atoms with Crippen molar-refractivity contribution in [2.75, 3.05) is 11.9 Å². The third-order valence-electron chi connectivity index (χ3n) is 2.33. The maximum absolute atomic E-state index is 4.46. The predicted molar refractivity (Wildman–Crippen MR) is 68.0 cm³/mol. The van der Waals surface area contributed by atoms with Crippen molar-refractivity contribution < 1.29 is 0 Å². The smallest absolute Gasteiger partial charge is 0.223 e. The van der Waals surface area contributed by atoms with Crippen LogP contribution in [0.2, 0.25) is 0 Å². The molecule has 0 fully saturated rings. The fourth-order valence-electron chi connectivity index (χ4n) is 1.65. The number of hydrogen-bond acceptors (Lipinski definition) is 4. The molecule has 0 spiro atoms. The molecule has 0 bridgehead atoms. The van der Waals surface area contributed by atoms with Crippen molar-refractivity contribution >= 4 is 5.95 Å². The van der Waals surface area contributed by atoms with E-state index in [4.69, 9.17) is 0 Å². The summed E-state index contributed by atoms with van der Waals surface area (Å²) < 4.78 is 0. The molecule has 0 aliphatic heterocycles. The zero-order valence-electron chi connectivity index (χ0n) is 10.1. The van der Waals surface area contributed by atoms with Crippen molar-refractivity contribution in [2.24, 2.45) is 0 Å². The van der Waals surface area contributed by atoms with Crippen LogP contribution in [0.1, 0.15) is 24.0 Å². The van der Waals surface area contributed by atoms with E-state index in [2.05, 4.69) is 20.3 Å². The van der Waals surface area contributed by atoms with Crippen LogP contribution in [-0.2, 0) is 6.42 Å². The van der Waals surface area contributed by atoms with Gasteiger partial charge in [-0.05, 0) is 32.0 Å². The number of aromatic nitrogens is 3. The minimum atomic E-state index is 0.693. The van der Waals surface area contributed by atoms with Crippen LogP contribution in [0.25, 0.3) is 0 Å². The molecular formula is C13H16N4. The summed E-state index contributed by atoms with van der Waals surface area (Å²) in [4.78, 5) is 13.1. The molecule has 4 heteroatoms. The average Bonchev–Trinajstić information content (AvgIpc) is 2.30. The third-order valence-corrected chi connectivity index (χ3v) is 2.33. The summed E-state index contributed by atoms with van der Waals surface area (Å²) in [6, 6.07) is 7.90. The Labute approximate surface area is 101 Å². The normalized spacial score (nSPS) is 10.2. The summed E-state index contributed by atoms with van der Waals surface area (Å²) in [5, 5.41) is 3.13. The first-order valence-corrected chi connectivity index (χ1v) is 5.76. The molecule has 0 amide bonds. The Hall–Kier alpha value is -1.97. The molecule has 0 radical (unpaired) electrons. The number of hydrogen-bond donors (Lipinski definition) is 1. The number of nitrogens with one attached hydrogen (secondary N) is 1. The molecule has 0 unspecified atom stereocenters. The minimum absolute atomic E-state index is 0.693. The maximum atomic E-state index is 4.46. The lowest BCUT2D eigenvalue weighted by molar-refractivity contribution is 0.959. The van der Waals surface area contributed by atoms with Crippen molar-refractivity contribution in [3.05, 3.63) is 47.5 Å². The molecular weight excluding hydrogens is 212 g/mol. The molecule has 4 nitrogen and oxygen atoms in total. The molecule has 0 atom stereocenters. The Kier molecular flexibility index (Phi) is 3.65. The minimum Gasteiger partial charge on any atom is -0.354 e. The Morgan fingerprint density at radius 1 is 1.18 bits per heavy atom. The Balaban J connectivity index is 2.21. The predicted octanol–water partition coefficient (Wildman–Crippen LogP) is 2.20. The van der Waals surface area contributed by atoms with Gasteiger partial charge in [0.15, 0.2) is 0 Å². The van der Waals surface area contributed by atoms with E-state index < -0.39 is 0 Å². The van der Waals surface area contributed by atoms with E-state index in [1.807, 2.05) is 38.1 Å². The standard InChI is InChI=1S/C13H16N4/c1-3-14-13-16-10(2)8-12(17-13)9-11-6-4-5-7-15-11/h4-8H,3,9H2,1-2H3,(H,14,16,17). The van der Waals surface area contributed by atoms with Gasteiger partial charge >= 0.3 is 0 Å². The summed E-state index contributed by atoms with van der Waals surface area (Å²) in [6.45, 7) is 4.83. The highest BCUT2D eigenvalue weighted by atomic mass is 15.1. The summed E-state index contributed by atoms with van der Waals surface area (Å²) in [5.41, 5.74) is 2.99. The van der Waals surface area contributed by atoms with Crippen LogP contribution in [0.4, 0.5) is 5.95 Å². The lowest BCUT2D eigenvalue weighted by Crippen LogP contribution is -2.06. The van der Waals surface area contributed by atoms with E-state index in [0.717, 1.165) is 30.0 Å². The second-order valence-electron chi connectivity index (χ2n) is 3.85. The second-order valence-corrected chi connectivity index (χ2v) is 3.85. The van der Waals surface area contributed by atoms with Crippen molar-refractivity contribution in [3.63, 3.8) is 0 Å². The topological polar surface area (TPSA) is 50.7 Å². The second kappa shape index (κ2) is 5.39. The summed E-state index contributed by atoms with van der Waals surface area (Å²) in [5.74, 6) is 0.693. The Morgan fingerprint density at radius 3 is 2.76 bits per heavy atom. The fraction of sp³-hybridized carbons (Fsp3) is 0.308. The highest BCUT2D eigenvalue weighted by Crippen LogP contribution is 2.08. The summed E-state index contributed by atoms with van der Waals surface area (Å²) >= 11 is 0. The first-order valence-electron chi connectivity index (χ1n) is 5.76. The molecule has 2 rings (SSSR count). The van der Waals surface area contributed by atoms with Gasteiger partial charge in [0.1, 0.15) is 0 Å². The maximum Gasteiger partial charge on any atom is 0.223 e. The van der Waals surface area contributed by atoms with Gasteiger partial charge in [-0.15, -0.1) is 0 Å². The van der Waals surface area contributed by atoms with Crippen molar-refractivity contribution in [1.82, 2.24) is 15.0 Å². The molecule has 0 aliphatic carbocycles. The highest BCUT2D eigenvalue weighted by molar-refractivity contribution is 5.29. The number of anilines is 1. The first kappa shape index (κ1) is 11.5. The van der Waals surface area contributed by atoms with Crippen LogP contribution in [0.15, 0.2) is 30.5 Å². The fourth-order valence-corrected chi connectivity index (χ4v) is 1.65. The van der Waals surface area contributed by atoms with Crippen molar-refractivity contribution in [3.8, 4) is 0 Å². The highest BCUT2D eigenvalue weighted by Gasteiger charge is 2.03. The van der Waals surface area contributed by atoms with Gasteiger partial charge in [-0.2, -0.15) is 0 Å². The number of aryl methyl sites for hydroxylation is 1. The summed E-state index contributed by atoms with van der Waals surface area (Å²) in [7, 11) is 0. The average molecular weight is 228 g/mol. The van der Waals surface area contributed by atoms with Crippen LogP contribution in [-0.4, -0.2) is 21.5 Å². The van der Waals surface area contributed by atoms with Gasteiger partial charge in [0, 0.05) is 30.6 Å². The van der Waals surface area contributed by atoms with Crippen molar-refractivity contribution in [1.29, 1.82) is 0 Å². The molecule has 2 heterocycles. The molecule has 1 N–H and O–H groups in total. The molecule has 0 saturated heterocycles. The Bertz CT molecular complexity index is 482. The van der Waals surface area contributed by atoms with Crippen LogP contribution in [0, 0.1) is 6.92 Å². The molecule has 0 aliphatic rings. The van der Waals surface area contributed by atoms with E-state index in [-0.39, 0.29) is 0 Å². The molecule has 0 saturated carbocycles. The number of rotatable bonds is 4. The monoisotopic (exact) mass is 228 g/mol. The SMILES string of the molecule is CCNc1nc(C)cc(Cc2ccccn2)n1. The zero-order valence-corrected chi connectivity index (χ0v) is 10.1. The molecule has 0 aromatic carbocycles. The lowest BCUT2D eigenvalue weighted by Gasteiger charge is -2.06. The van der Waals surface area contributed by atoms with Gasteiger partial charge in [0.05, 0.1) is 5.69 Å². The first-order chi connectivity index (χ1) is 8.28. The van der Waals surface area contributed by atoms with Crippen LogP contribution in [0.5, 0.6) is 0 Å². The van der Waals surface area contributed by atoms with Crippen molar-refractivity contribution in [2.45, 2.75) is 20.3 Å². The van der Waals surface area contributed by atoms with E-state index >= 15 is 0 Å². The van der Waals surface area contributed by atoms with Gasteiger partial charge in [-0.25, -0.2) is 9.97 Å². The lowest BCUT2D eigenvalue weighted by atomic mass is 10.2. The van der Waals surface area contributed by atoms with Gasteiger partial charge in [-0.3, -0.25) is 4.98 Å². The van der Waals surface area contributed by atoms with E-state index in [9.17, 15) is 0 Å². The number of nitrogens with zero attached hydrogens (tertiary/aromatic N) is 3. The Morgan fingerprint density at radius 2 is 2.06 bits per heavy atom. The molecule has 2 aromatic heterocycles. The van der Waals surface area contributed by atoms with E-state index in [1.165, 1.54) is 0 Å². The van der Waals surface area contributed by atoms with Crippen LogP contribution < -0.4 is 5.32 Å². The molecule has 17 heavy (non-hydrogen) atoms. The zero-order chi connectivity index (χ0) is 12.1. The van der Waals surface area contributed by atoms with E-state index in [1.54, 1.807) is 6.20 Å². The van der Waals surface area contributed by atoms with Crippen LogP contribution in [0.3, 0.4) is 0 Å². The quantitative estimate of drug-likeness (QED) is 0.871. The van der Waals surface area contributed by atoms with Crippen LogP contribution >= 0.6 is 0 Å². The number of pyridine rings is 1. The summed E-state index contributed by atoms with van der Waals surface area (Å²) in [6.07, 6.45) is 2.54. The van der Waals surface area contributed by atoms with Gasteiger partial charge in [0.25, 0.3) is 0 Å². The van der Waals surface area contributed by atoms with Gasteiger partial charge in [0.2, 0.25) is 5.95 Å². The largest absolute Gasteiger partial charge is 0.354 e. The molecule has 2 aromatic rings. The molecule has 88 valence electrons. The van der Waals surface area contributed by atoms with E-state index in [0.29, 0.717) is 5.95 Å². The third kappa shape index (κ3) is 3.24. The van der Waals surface area contributed by atoms with Gasteiger partial charge < -0.3 is 5.32 Å². The van der Waals surface area contributed by atoms with Gasteiger partial charge in [-0.1, -0.05) is 6.07 Å².